The number of nitrogens with zero attached hydrogens (tertiary/aromatic N) is 4. The molecule has 3 aromatic rings. The summed E-state index contributed by atoms with van der Waals surface area (Å²) >= 11 is 1.82. The van der Waals surface area contributed by atoms with Gasteiger partial charge in [0.25, 0.3) is 0 Å². The van der Waals surface area contributed by atoms with Crippen LogP contribution in [0.15, 0.2) is 65.2 Å². The SMILES string of the molecule is CCNC(=NCc1nccn1CCc1ccccc1)NC1CCN(c2cccs2)CC1.I. The molecule has 1 fully saturated rings. The van der Waals surface area contributed by atoms with Crippen LogP contribution in [0.1, 0.15) is 31.2 Å². The number of piperidine rings is 1. The first kappa shape index (κ1) is 24.6. The highest BCUT2D eigenvalue weighted by Crippen LogP contribution is 2.24. The fourth-order valence-electron chi connectivity index (χ4n) is 3.95. The van der Waals surface area contributed by atoms with E-state index in [1.807, 2.05) is 17.5 Å². The standard InChI is InChI=1S/C24H32N6S.HI/c1-2-25-24(28-21-11-15-30(16-12-21)23-9-6-18-31-23)27-19-22-26-13-17-29(22)14-10-20-7-4-3-5-8-20;/h3-9,13,17-18,21H,2,10-12,14-16,19H2,1H3,(H2,25,27,28);1H. The van der Waals surface area contributed by atoms with E-state index in [0.717, 1.165) is 57.2 Å². The van der Waals surface area contributed by atoms with Crippen molar-refractivity contribution in [3.63, 3.8) is 0 Å². The topological polar surface area (TPSA) is 57.5 Å². The molecule has 1 aliphatic heterocycles. The first-order chi connectivity index (χ1) is 15.3. The molecule has 0 aliphatic carbocycles. The molecule has 3 heterocycles. The lowest BCUT2D eigenvalue weighted by Gasteiger charge is -2.33. The number of aliphatic imine (C=N–C) groups is 1. The molecule has 1 saturated heterocycles. The molecule has 0 saturated carbocycles. The van der Waals surface area contributed by atoms with Gasteiger partial charge in [-0.1, -0.05) is 30.3 Å². The predicted octanol–water partition coefficient (Wildman–Crippen LogP) is 4.53. The van der Waals surface area contributed by atoms with Crippen molar-refractivity contribution in [2.75, 3.05) is 24.5 Å². The highest BCUT2D eigenvalue weighted by Gasteiger charge is 2.20. The number of imidazole rings is 1. The van der Waals surface area contributed by atoms with E-state index in [4.69, 9.17) is 4.99 Å². The molecule has 4 rings (SSSR count). The number of halogens is 1. The molecule has 8 heteroatoms. The molecule has 0 bridgehead atoms. The Hall–Kier alpha value is -2.07. The third-order valence-corrected chi connectivity index (χ3v) is 6.59. The van der Waals surface area contributed by atoms with Crippen molar-refractivity contribution < 1.29 is 0 Å². The van der Waals surface area contributed by atoms with E-state index in [-0.39, 0.29) is 24.0 Å². The Labute approximate surface area is 212 Å². The maximum Gasteiger partial charge on any atom is 0.191 e. The molecule has 172 valence electrons. The van der Waals surface area contributed by atoms with E-state index in [0.29, 0.717) is 12.6 Å². The normalized spacial score (nSPS) is 14.8. The monoisotopic (exact) mass is 564 g/mol. The van der Waals surface area contributed by atoms with Crippen molar-refractivity contribution in [2.24, 2.45) is 4.99 Å². The summed E-state index contributed by atoms with van der Waals surface area (Å²) in [7, 11) is 0. The Morgan fingerprint density at radius 2 is 1.97 bits per heavy atom. The average molecular weight is 565 g/mol. The largest absolute Gasteiger partial charge is 0.363 e. The molecule has 0 atom stereocenters. The van der Waals surface area contributed by atoms with E-state index in [2.05, 4.69) is 86.0 Å². The van der Waals surface area contributed by atoms with Gasteiger partial charge in [-0.3, -0.25) is 0 Å². The van der Waals surface area contributed by atoms with Crippen LogP contribution in [-0.2, 0) is 19.5 Å². The third kappa shape index (κ3) is 6.96. The van der Waals surface area contributed by atoms with Gasteiger partial charge in [0.1, 0.15) is 12.4 Å². The van der Waals surface area contributed by atoms with Crippen LogP contribution in [-0.4, -0.2) is 41.2 Å². The Morgan fingerprint density at radius 3 is 2.69 bits per heavy atom. The second-order valence-electron chi connectivity index (χ2n) is 7.82. The summed E-state index contributed by atoms with van der Waals surface area (Å²) in [6.45, 7) is 6.62. The summed E-state index contributed by atoms with van der Waals surface area (Å²) in [5.41, 5.74) is 1.34. The zero-order valence-corrected chi connectivity index (χ0v) is 21.8. The molecule has 2 aromatic heterocycles. The fraction of sp³-hybridized carbons (Fsp3) is 0.417. The summed E-state index contributed by atoms with van der Waals surface area (Å²) in [6, 6.07) is 15.4. The van der Waals surface area contributed by atoms with Crippen LogP contribution in [0.2, 0.25) is 0 Å². The van der Waals surface area contributed by atoms with E-state index in [1.165, 1.54) is 10.6 Å². The van der Waals surface area contributed by atoms with E-state index in [9.17, 15) is 0 Å². The van der Waals surface area contributed by atoms with Gasteiger partial charge in [0.15, 0.2) is 5.96 Å². The van der Waals surface area contributed by atoms with Gasteiger partial charge >= 0.3 is 0 Å². The van der Waals surface area contributed by atoms with Crippen molar-refractivity contribution in [3.8, 4) is 0 Å². The number of aromatic nitrogens is 2. The van der Waals surface area contributed by atoms with Crippen molar-refractivity contribution in [3.05, 3.63) is 71.6 Å². The molecule has 1 aromatic carbocycles. The zero-order chi connectivity index (χ0) is 21.3. The quantitative estimate of drug-likeness (QED) is 0.240. The number of benzene rings is 1. The minimum Gasteiger partial charge on any atom is -0.363 e. The minimum atomic E-state index is 0. The number of nitrogens with one attached hydrogen (secondary N) is 2. The van der Waals surface area contributed by atoms with Gasteiger partial charge in [-0.2, -0.15) is 0 Å². The lowest BCUT2D eigenvalue weighted by Crippen LogP contribution is -2.48. The van der Waals surface area contributed by atoms with Gasteiger partial charge in [-0.25, -0.2) is 9.98 Å². The van der Waals surface area contributed by atoms with Gasteiger partial charge in [-0.15, -0.1) is 35.3 Å². The second kappa shape index (κ2) is 12.8. The van der Waals surface area contributed by atoms with Crippen molar-refractivity contribution in [1.82, 2.24) is 20.2 Å². The Kier molecular flexibility index (Phi) is 9.86. The molecule has 0 spiro atoms. The summed E-state index contributed by atoms with van der Waals surface area (Å²) in [4.78, 5) is 11.9. The Morgan fingerprint density at radius 1 is 1.16 bits per heavy atom. The molecule has 6 nitrogen and oxygen atoms in total. The lowest BCUT2D eigenvalue weighted by molar-refractivity contribution is 0.462. The first-order valence-electron chi connectivity index (χ1n) is 11.2. The summed E-state index contributed by atoms with van der Waals surface area (Å²) < 4.78 is 2.21. The molecule has 0 amide bonds. The third-order valence-electron chi connectivity index (χ3n) is 5.66. The minimum absolute atomic E-state index is 0. The fourth-order valence-corrected chi connectivity index (χ4v) is 4.73. The number of aryl methyl sites for hydroxylation is 2. The van der Waals surface area contributed by atoms with E-state index >= 15 is 0 Å². The van der Waals surface area contributed by atoms with Gasteiger partial charge in [0, 0.05) is 44.6 Å². The number of thiophene rings is 1. The maximum absolute atomic E-state index is 4.83. The van der Waals surface area contributed by atoms with Crippen LogP contribution in [0.4, 0.5) is 5.00 Å². The number of anilines is 1. The molecule has 0 radical (unpaired) electrons. The summed E-state index contributed by atoms with van der Waals surface area (Å²) in [5, 5.41) is 10.6. The summed E-state index contributed by atoms with van der Waals surface area (Å²) in [5.74, 6) is 1.88. The number of hydrogen-bond acceptors (Lipinski definition) is 4. The van der Waals surface area contributed by atoms with E-state index in [1.54, 1.807) is 0 Å². The zero-order valence-electron chi connectivity index (χ0n) is 18.6. The smallest absolute Gasteiger partial charge is 0.191 e. The van der Waals surface area contributed by atoms with Gasteiger partial charge in [0.2, 0.25) is 0 Å². The molecular formula is C24H33IN6S. The number of guanidine groups is 1. The van der Waals surface area contributed by atoms with Crippen molar-refractivity contribution in [1.29, 1.82) is 0 Å². The van der Waals surface area contributed by atoms with Crippen molar-refractivity contribution >= 4 is 46.3 Å². The van der Waals surface area contributed by atoms with Crippen molar-refractivity contribution in [2.45, 2.75) is 45.3 Å². The van der Waals surface area contributed by atoms with Crippen LogP contribution in [0.5, 0.6) is 0 Å². The molecular weight excluding hydrogens is 531 g/mol. The number of hydrogen-bond donors (Lipinski definition) is 2. The lowest BCUT2D eigenvalue weighted by atomic mass is 10.1. The van der Waals surface area contributed by atoms with Gasteiger partial charge in [0.05, 0.1) is 5.00 Å². The first-order valence-corrected chi connectivity index (χ1v) is 12.1. The van der Waals surface area contributed by atoms with Crippen LogP contribution in [0, 0.1) is 0 Å². The molecule has 1 aliphatic rings. The van der Waals surface area contributed by atoms with Crippen LogP contribution < -0.4 is 15.5 Å². The maximum atomic E-state index is 4.83. The highest BCUT2D eigenvalue weighted by atomic mass is 127. The Bertz CT molecular complexity index is 933. The molecule has 32 heavy (non-hydrogen) atoms. The Balaban J connectivity index is 0.00000289. The van der Waals surface area contributed by atoms with Crippen LogP contribution in [0.25, 0.3) is 0 Å². The molecule has 0 unspecified atom stereocenters. The highest BCUT2D eigenvalue weighted by molar-refractivity contribution is 14.0. The average Bonchev–Trinajstić information content (AvgIpc) is 3.50. The number of rotatable bonds is 8. The predicted molar refractivity (Wildman–Crippen MR) is 145 cm³/mol. The second-order valence-corrected chi connectivity index (χ2v) is 8.75. The van der Waals surface area contributed by atoms with Gasteiger partial charge in [-0.05, 0) is 49.3 Å². The van der Waals surface area contributed by atoms with Crippen LogP contribution >= 0.6 is 35.3 Å². The summed E-state index contributed by atoms with van der Waals surface area (Å²) in [6.07, 6.45) is 7.15. The van der Waals surface area contributed by atoms with Gasteiger partial charge < -0.3 is 20.1 Å². The van der Waals surface area contributed by atoms with E-state index < -0.39 is 0 Å². The molecule has 2 N–H and O–H groups in total. The van der Waals surface area contributed by atoms with Crippen LogP contribution in [0.3, 0.4) is 0 Å².